The van der Waals surface area contributed by atoms with Gasteiger partial charge in [-0.2, -0.15) is 0 Å². The summed E-state index contributed by atoms with van der Waals surface area (Å²) >= 11 is 5.72. The van der Waals surface area contributed by atoms with E-state index in [4.69, 9.17) is 16.7 Å². The molecule has 1 amide bonds. The van der Waals surface area contributed by atoms with Gasteiger partial charge in [0.1, 0.15) is 5.69 Å². The molecule has 0 aromatic carbocycles. The number of carboxylic acid groups (broad SMARTS) is 1. The topological polar surface area (TPSA) is 73.4 Å². The van der Waals surface area contributed by atoms with Gasteiger partial charge in [0.15, 0.2) is 0 Å². The molecule has 0 unspecified atom stereocenters. The minimum absolute atomic E-state index is 0.0658. The van der Waals surface area contributed by atoms with Crippen LogP contribution in [0.2, 0.25) is 5.02 Å². The van der Waals surface area contributed by atoms with E-state index in [0.717, 1.165) is 0 Å². The Hall–Kier alpha value is -1.49. The van der Waals surface area contributed by atoms with Crippen molar-refractivity contribution in [1.82, 2.24) is 9.88 Å². The summed E-state index contributed by atoms with van der Waals surface area (Å²) < 4.78 is 0. The number of aliphatic carboxylic acids is 1. The molecule has 0 saturated heterocycles. The zero-order valence-corrected chi connectivity index (χ0v) is 10.5. The van der Waals surface area contributed by atoms with Gasteiger partial charge < -0.3 is 15.0 Å². The molecule has 0 fully saturated rings. The van der Waals surface area contributed by atoms with Crippen molar-refractivity contribution in [2.75, 3.05) is 6.54 Å². The zero-order valence-electron chi connectivity index (χ0n) is 9.74. The average Bonchev–Trinajstić information content (AvgIpc) is 2.63. The van der Waals surface area contributed by atoms with E-state index in [2.05, 4.69) is 4.98 Å². The third-order valence-electron chi connectivity index (χ3n) is 2.33. The number of halogens is 1. The molecule has 0 spiro atoms. The Balaban J connectivity index is 2.77. The van der Waals surface area contributed by atoms with Crippen molar-refractivity contribution in [3.63, 3.8) is 0 Å². The quantitative estimate of drug-likeness (QED) is 0.848. The van der Waals surface area contributed by atoms with Crippen LogP contribution in [0.25, 0.3) is 0 Å². The van der Waals surface area contributed by atoms with Crippen molar-refractivity contribution in [2.45, 2.75) is 26.3 Å². The zero-order chi connectivity index (χ0) is 13.0. The minimum Gasteiger partial charge on any atom is -0.481 e. The largest absolute Gasteiger partial charge is 0.481 e. The highest BCUT2D eigenvalue weighted by atomic mass is 35.5. The standard InChI is InChI=1S/C11H15ClN2O3/c1-7(2)14(4-3-10(15)16)11(17)9-5-8(12)6-13-9/h5-7,13H,3-4H2,1-2H3,(H,15,16). The van der Waals surface area contributed by atoms with Crippen LogP contribution in [-0.4, -0.2) is 39.5 Å². The summed E-state index contributed by atoms with van der Waals surface area (Å²) in [5.74, 6) is -1.17. The fourth-order valence-corrected chi connectivity index (χ4v) is 1.62. The Morgan fingerprint density at radius 2 is 2.18 bits per heavy atom. The number of hydrogen-bond donors (Lipinski definition) is 2. The first-order chi connectivity index (χ1) is 7.91. The third-order valence-corrected chi connectivity index (χ3v) is 2.55. The Morgan fingerprint density at radius 1 is 1.53 bits per heavy atom. The molecule has 0 saturated carbocycles. The maximum absolute atomic E-state index is 12.1. The van der Waals surface area contributed by atoms with E-state index in [0.29, 0.717) is 10.7 Å². The fraction of sp³-hybridized carbons (Fsp3) is 0.455. The van der Waals surface area contributed by atoms with Crippen molar-refractivity contribution in [2.24, 2.45) is 0 Å². The Bertz CT molecular complexity index is 415. The van der Waals surface area contributed by atoms with Crippen LogP contribution in [0.4, 0.5) is 0 Å². The maximum Gasteiger partial charge on any atom is 0.305 e. The molecule has 1 rings (SSSR count). The van der Waals surface area contributed by atoms with E-state index in [1.54, 1.807) is 0 Å². The summed E-state index contributed by atoms with van der Waals surface area (Å²) in [6.07, 6.45) is 1.45. The van der Waals surface area contributed by atoms with Crippen molar-refractivity contribution >= 4 is 23.5 Å². The normalized spacial score (nSPS) is 10.6. The van der Waals surface area contributed by atoms with Gasteiger partial charge in [0.2, 0.25) is 0 Å². The van der Waals surface area contributed by atoms with Crippen LogP contribution in [0.1, 0.15) is 30.8 Å². The molecule has 2 N–H and O–H groups in total. The van der Waals surface area contributed by atoms with E-state index in [-0.39, 0.29) is 24.9 Å². The molecule has 94 valence electrons. The SMILES string of the molecule is CC(C)N(CCC(=O)O)C(=O)c1cc(Cl)c[nH]1. The highest BCUT2D eigenvalue weighted by Crippen LogP contribution is 2.13. The van der Waals surface area contributed by atoms with E-state index in [9.17, 15) is 9.59 Å². The Labute approximate surface area is 104 Å². The molecule has 0 aliphatic carbocycles. The van der Waals surface area contributed by atoms with Gasteiger partial charge in [-0.05, 0) is 19.9 Å². The van der Waals surface area contributed by atoms with Gasteiger partial charge in [0.05, 0.1) is 11.4 Å². The van der Waals surface area contributed by atoms with Gasteiger partial charge in [-0.25, -0.2) is 0 Å². The third kappa shape index (κ3) is 3.78. The lowest BCUT2D eigenvalue weighted by Gasteiger charge is -2.25. The lowest BCUT2D eigenvalue weighted by atomic mass is 10.2. The van der Waals surface area contributed by atoms with Crippen LogP contribution >= 0.6 is 11.6 Å². The molecule has 1 aromatic rings. The van der Waals surface area contributed by atoms with Crippen LogP contribution in [0, 0.1) is 0 Å². The summed E-state index contributed by atoms with van der Waals surface area (Å²) in [5.41, 5.74) is 0.370. The number of carbonyl (C=O) groups excluding carboxylic acids is 1. The number of rotatable bonds is 5. The maximum atomic E-state index is 12.1. The molecule has 0 radical (unpaired) electrons. The number of carbonyl (C=O) groups is 2. The minimum atomic E-state index is -0.923. The molecule has 5 nitrogen and oxygen atoms in total. The number of nitrogens with zero attached hydrogens (tertiary/aromatic N) is 1. The molecule has 1 heterocycles. The fourth-order valence-electron chi connectivity index (χ4n) is 1.46. The molecular weight excluding hydrogens is 244 g/mol. The number of nitrogens with one attached hydrogen (secondary N) is 1. The van der Waals surface area contributed by atoms with Crippen LogP contribution in [0.15, 0.2) is 12.3 Å². The van der Waals surface area contributed by atoms with Crippen molar-refractivity contribution in [3.8, 4) is 0 Å². The number of amides is 1. The lowest BCUT2D eigenvalue weighted by Crippen LogP contribution is -2.38. The molecule has 0 aliphatic heterocycles. The first-order valence-electron chi connectivity index (χ1n) is 5.28. The summed E-state index contributed by atoms with van der Waals surface area (Å²) in [6, 6.07) is 1.46. The van der Waals surface area contributed by atoms with Crippen LogP contribution in [-0.2, 0) is 4.79 Å². The van der Waals surface area contributed by atoms with E-state index in [1.165, 1.54) is 17.2 Å². The molecular formula is C11H15ClN2O3. The van der Waals surface area contributed by atoms with Crippen LogP contribution < -0.4 is 0 Å². The first kappa shape index (κ1) is 13.6. The second-order valence-corrected chi connectivity index (χ2v) is 4.40. The second-order valence-electron chi connectivity index (χ2n) is 3.97. The van der Waals surface area contributed by atoms with Gasteiger partial charge in [0, 0.05) is 18.8 Å². The van der Waals surface area contributed by atoms with E-state index in [1.807, 2.05) is 13.8 Å². The van der Waals surface area contributed by atoms with Gasteiger partial charge in [-0.3, -0.25) is 9.59 Å². The van der Waals surface area contributed by atoms with E-state index < -0.39 is 5.97 Å². The highest BCUT2D eigenvalue weighted by molar-refractivity contribution is 6.30. The summed E-state index contributed by atoms with van der Waals surface area (Å²) in [7, 11) is 0. The van der Waals surface area contributed by atoms with Crippen molar-refractivity contribution in [3.05, 3.63) is 23.0 Å². The molecule has 6 heteroatoms. The first-order valence-corrected chi connectivity index (χ1v) is 5.66. The molecule has 1 aromatic heterocycles. The molecule has 0 bridgehead atoms. The molecule has 0 atom stereocenters. The highest BCUT2D eigenvalue weighted by Gasteiger charge is 2.20. The Morgan fingerprint density at radius 3 is 2.59 bits per heavy atom. The lowest BCUT2D eigenvalue weighted by molar-refractivity contribution is -0.137. The summed E-state index contributed by atoms with van der Waals surface area (Å²) in [5, 5.41) is 9.09. The predicted molar refractivity (Wildman–Crippen MR) is 64.2 cm³/mol. The number of carboxylic acids is 1. The monoisotopic (exact) mass is 258 g/mol. The molecule has 17 heavy (non-hydrogen) atoms. The number of H-pyrrole nitrogens is 1. The van der Waals surface area contributed by atoms with Gasteiger partial charge in [-0.1, -0.05) is 11.6 Å². The molecule has 0 aliphatic rings. The van der Waals surface area contributed by atoms with Crippen molar-refractivity contribution < 1.29 is 14.7 Å². The van der Waals surface area contributed by atoms with Crippen molar-refractivity contribution in [1.29, 1.82) is 0 Å². The van der Waals surface area contributed by atoms with Gasteiger partial charge >= 0.3 is 5.97 Å². The summed E-state index contributed by atoms with van der Waals surface area (Å²) in [6.45, 7) is 3.86. The van der Waals surface area contributed by atoms with Gasteiger partial charge in [0.25, 0.3) is 5.91 Å². The Kier molecular flexibility index (Phi) is 4.57. The smallest absolute Gasteiger partial charge is 0.305 e. The van der Waals surface area contributed by atoms with Gasteiger partial charge in [-0.15, -0.1) is 0 Å². The second kappa shape index (κ2) is 5.72. The van der Waals surface area contributed by atoms with E-state index >= 15 is 0 Å². The van der Waals surface area contributed by atoms with Crippen LogP contribution in [0.5, 0.6) is 0 Å². The number of aromatic nitrogens is 1. The summed E-state index contributed by atoms with van der Waals surface area (Å²) in [4.78, 5) is 26.8. The number of hydrogen-bond acceptors (Lipinski definition) is 2. The van der Waals surface area contributed by atoms with Crippen LogP contribution in [0.3, 0.4) is 0 Å². The number of aromatic amines is 1. The predicted octanol–water partition coefficient (Wildman–Crippen LogP) is 1.99. The average molecular weight is 259 g/mol.